The normalized spacial score (nSPS) is 10.1. The highest BCUT2D eigenvalue weighted by Crippen LogP contribution is 2.29. The summed E-state index contributed by atoms with van der Waals surface area (Å²) in [7, 11) is 0. The molecule has 0 saturated heterocycles. The lowest BCUT2D eigenvalue weighted by Gasteiger charge is -2.20. The van der Waals surface area contributed by atoms with Crippen molar-refractivity contribution in [3.8, 4) is 5.75 Å². The van der Waals surface area contributed by atoms with Gasteiger partial charge in [0.1, 0.15) is 5.56 Å². The zero-order valence-electron chi connectivity index (χ0n) is 12.6. The number of aryl methyl sites for hydroxylation is 1. The first-order valence-corrected chi connectivity index (χ1v) is 6.66. The molecule has 0 saturated carbocycles. The van der Waals surface area contributed by atoms with Crippen LogP contribution in [0.2, 0.25) is 0 Å². The lowest BCUT2D eigenvalue weighted by molar-refractivity contribution is 0.0692. The second kappa shape index (κ2) is 6.88. The molecule has 21 heavy (non-hydrogen) atoms. The summed E-state index contributed by atoms with van der Waals surface area (Å²) in [6.45, 7) is 7.68. The number of ether oxygens (including phenoxy) is 1. The molecule has 1 N–H and O–H groups in total. The number of carboxylic acid groups (broad SMARTS) is 1. The third-order valence-electron chi connectivity index (χ3n) is 3.33. The van der Waals surface area contributed by atoms with E-state index in [4.69, 9.17) is 4.74 Å². The molecule has 0 aliphatic heterocycles. The van der Waals surface area contributed by atoms with E-state index in [0.717, 1.165) is 0 Å². The van der Waals surface area contributed by atoms with Crippen molar-refractivity contribution in [3.05, 3.63) is 28.3 Å². The van der Waals surface area contributed by atoms with Gasteiger partial charge in [0.05, 0.1) is 0 Å². The van der Waals surface area contributed by atoms with Gasteiger partial charge in [-0.1, -0.05) is 0 Å². The average Bonchev–Trinajstić information content (AvgIpc) is 2.43. The number of carboxylic acids is 1. The molecule has 0 fully saturated rings. The number of aldehydes is 1. The Bertz CT molecular complexity index is 576. The van der Waals surface area contributed by atoms with Crippen molar-refractivity contribution in [2.75, 3.05) is 13.1 Å². The summed E-state index contributed by atoms with van der Waals surface area (Å²) in [5.74, 6) is -1.28. The Morgan fingerprint density at radius 2 is 1.86 bits per heavy atom. The maximum Gasteiger partial charge on any atom is 0.415 e. The van der Waals surface area contributed by atoms with Crippen molar-refractivity contribution >= 4 is 18.3 Å². The standard InChI is InChI=1S/C15H19NO5/c1-5-16(6-2)15(20)21-13-10(4)12(8-17)9(3)7-11(13)14(18)19/h7-8H,5-6H2,1-4H3,(H,18,19). The van der Waals surface area contributed by atoms with Crippen molar-refractivity contribution < 1.29 is 24.2 Å². The van der Waals surface area contributed by atoms with Crippen molar-refractivity contribution in [2.45, 2.75) is 27.7 Å². The van der Waals surface area contributed by atoms with E-state index >= 15 is 0 Å². The zero-order valence-corrected chi connectivity index (χ0v) is 12.6. The second-order valence-electron chi connectivity index (χ2n) is 4.57. The van der Waals surface area contributed by atoms with Crippen LogP contribution in [0.3, 0.4) is 0 Å². The molecule has 0 heterocycles. The Kier molecular flexibility index (Phi) is 5.46. The highest BCUT2D eigenvalue weighted by atomic mass is 16.6. The molecule has 0 aromatic heterocycles. The predicted octanol–water partition coefficient (Wildman–Crippen LogP) is 2.65. The van der Waals surface area contributed by atoms with Gasteiger partial charge in [-0.05, 0) is 39.3 Å². The van der Waals surface area contributed by atoms with Crippen LogP contribution in [0, 0.1) is 13.8 Å². The fourth-order valence-corrected chi connectivity index (χ4v) is 2.09. The molecule has 1 amide bonds. The molecule has 1 aromatic rings. The highest BCUT2D eigenvalue weighted by molar-refractivity contribution is 5.95. The number of aromatic carboxylic acids is 1. The molecule has 1 rings (SSSR count). The van der Waals surface area contributed by atoms with Crippen LogP contribution >= 0.6 is 0 Å². The molecule has 0 aliphatic rings. The smallest absolute Gasteiger partial charge is 0.415 e. The number of hydrogen-bond acceptors (Lipinski definition) is 4. The van der Waals surface area contributed by atoms with Crippen molar-refractivity contribution in [1.29, 1.82) is 0 Å². The number of nitrogens with zero attached hydrogens (tertiary/aromatic N) is 1. The van der Waals surface area contributed by atoms with Crippen LogP contribution in [0.25, 0.3) is 0 Å². The van der Waals surface area contributed by atoms with Gasteiger partial charge in [0.2, 0.25) is 0 Å². The maximum atomic E-state index is 12.0. The summed E-state index contributed by atoms with van der Waals surface area (Å²) in [6.07, 6.45) is -0.00305. The highest BCUT2D eigenvalue weighted by Gasteiger charge is 2.22. The fourth-order valence-electron chi connectivity index (χ4n) is 2.09. The minimum atomic E-state index is -1.21. The number of carbonyl (C=O) groups excluding carboxylic acids is 2. The lowest BCUT2D eigenvalue weighted by Crippen LogP contribution is -2.33. The Balaban J connectivity index is 3.36. The third-order valence-corrected chi connectivity index (χ3v) is 3.33. The van der Waals surface area contributed by atoms with Gasteiger partial charge < -0.3 is 14.7 Å². The van der Waals surface area contributed by atoms with E-state index < -0.39 is 12.1 Å². The summed E-state index contributed by atoms with van der Waals surface area (Å²) >= 11 is 0. The first-order valence-electron chi connectivity index (χ1n) is 6.66. The molecule has 1 aromatic carbocycles. The van der Waals surface area contributed by atoms with E-state index in [2.05, 4.69) is 0 Å². The number of amides is 1. The second-order valence-corrected chi connectivity index (χ2v) is 4.57. The molecule has 0 radical (unpaired) electrons. The molecular weight excluding hydrogens is 274 g/mol. The van der Waals surface area contributed by atoms with Gasteiger partial charge in [-0.25, -0.2) is 9.59 Å². The van der Waals surface area contributed by atoms with Crippen LogP contribution < -0.4 is 4.74 Å². The molecule has 6 heteroatoms. The van der Waals surface area contributed by atoms with E-state index in [9.17, 15) is 19.5 Å². The molecule has 0 bridgehead atoms. The quantitative estimate of drug-likeness (QED) is 0.844. The molecule has 0 aliphatic carbocycles. The zero-order chi connectivity index (χ0) is 16.2. The number of hydrogen-bond donors (Lipinski definition) is 1. The van der Waals surface area contributed by atoms with Crippen LogP contribution in [0.15, 0.2) is 6.07 Å². The van der Waals surface area contributed by atoms with Gasteiger partial charge in [0.25, 0.3) is 0 Å². The molecule has 0 unspecified atom stereocenters. The molecular formula is C15H19NO5. The Hall–Kier alpha value is -2.37. The van der Waals surface area contributed by atoms with Crippen molar-refractivity contribution in [1.82, 2.24) is 4.90 Å². The maximum absolute atomic E-state index is 12.0. The largest absolute Gasteiger partial charge is 0.478 e. The van der Waals surface area contributed by atoms with E-state index in [1.807, 2.05) is 0 Å². The molecule has 0 spiro atoms. The van der Waals surface area contributed by atoms with E-state index in [1.54, 1.807) is 27.7 Å². The van der Waals surface area contributed by atoms with Crippen molar-refractivity contribution in [3.63, 3.8) is 0 Å². The van der Waals surface area contributed by atoms with Crippen LogP contribution in [0.1, 0.15) is 45.7 Å². The van der Waals surface area contributed by atoms with E-state index in [1.165, 1.54) is 11.0 Å². The average molecular weight is 293 g/mol. The van der Waals surface area contributed by atoms with Crippen LogP contribution in [0.5, 0.6) is 5.75 Å². The van der Waals surface area contributed by atoms with Gasteiger partial charge in [-0.3, -0.25) is 4.79 Å². The first kappa shape index (κ1) is 16.7. The Labute approximate surface area is 123 Å². The fraction of sp³-hybridized carbons (Fsp3) is 0.400. The monoisotopic (exact) mass is 293 g/mol. The number of rotatable bonds is 5. The Morgan fingerprint density at radius 1 is 1.29 bits per heavy atom. The molecule has 6 nitrogen and oxygen atoms in total. The van der Waals surface area contributed by atoms with Gasteiger partial charge >= 0.3 is 12.1 Å². The topological polar surface area (TPSA) is 83.9 Å². The summed E-state index contributed by atoms with van der Waals surface area (Å²) in [5, 5.41) is 9.25. The minimum Gasteiger partial charge on any atom is -0.478 e. The number of benzene rings is 1. The minimum absolute atomic E-state index is 0.0768. The van der Waals surface area contributed by atoms with Crippen LogP contribution in [-0.4, -0.2) is 41.4 Å². The summed E-state index contributed by atoms with van der Waals surface area (Å²) in [4.78, 5) is 35.9. The summed E-state index contributed by atoms with van der Waals surface area (Å²) in [6, 6.07) is 1.34. The number of carbonyl (C=O) groups is 3. The third kappa shape index (κ3) is 3.39. The van der Waals surface area contributed by atoms with Gasteiger partial charge in [0, 0.05) is 24.2 Å². The first-order chi connectivity index (χ1) is 9.87. The van der Waals surface area contributed by atoms with Crippen molar-refractivity contribution in [2.24, 2.45) is 0 Å². The van der Waals surface area contributed by atoms with Crippen LogP contribution in [0.4, 0.5) is 4.79 Å². The van der Waals surface area contributed by atoms with Gasteiger partial charge in [-0.15, -0.1) is 0 Å². The summed E-state index contributed by atoms with van der Waals surface area (Å²) in [5.41, 5.74) is 1.09. The van der Waals surface area contributed by atoms with Gasteiger partial charge in [0.15, 0.2) is 12.0 Å². The lowest BCUT2D eigenvalue weighted by atomic mass is 9.98. The summed E-state index contributed by atoms with van der Waals surface area (Å²) < 4.78 is 5.23. The van der Waals surface area contributed by atoms with E-state index in [0.29, 0.717) is 36.1 Å². The van der Waals surface area contributed by atoms with Crippen LogP contribution in [-0.2, 0) is 0 Å². The SMILES string of the molecule is CCN(CC)C(=O)Oc1c(C(=O)O)cc(C)c(C=O)c1C. The molecule has 0 atom stereocenters. The predicted molar refractivity (Wildman–Crippen MR) is 77.2 cm³/mol. The Morgan fingerprint density at radius 3 is 2.29 bits per heavy atom. The van der Waals surface area contributed by atoms with E-state index in [-0.39, 0.29) is 11.3 Å². The van der Waals surface area contributed by atoms with Gasteiger partial charge in [-0.2, -0.15) is 0 Å². The molecule has 114 valence electrons.